The average molecular weight is 229 g/mol. The van der Waals surface area contributed by atoms with Crippen LogP contribution in [0, 0.1) is 0 Å². The molecule has 0 amide bonds. The van der Waals surface area contributed by atoms with Crippen LogP contribution in [-0.2, 0) is 6.54 Å². The van der Waals surface area contributed by atoms with Crippen molar-refractivity contribution >= 4 is 0 Å². The standard InChI is InChI=1S/C13H15N3O/c1-10(11-3-2-4-13(17)7-11)16-9-12-8-14-5-6-15-12/h2-8,10,16-17H,9H2,1H3. The number of benzene rings is 1. The van der Waals surface area contributed by atoms with E-state index in [1.165, 1.54) is 0 Å². The lowest BCUT2D eigenvalue weighted by molar-refractivity contribution is 0.472. The first-order valence-corrected chi connectivity index (χ1v) is 5.53. The minimum atomic E-state index is 0.157. The van der Waals surface area contributed by atoms with Gasteiger partial charge in [0.2, 0.25) is 0 Å². The zero-order chi connectivity index (χ0) is 12.1. The van der Waals surface area contributed by atoms with Gasteiger partial charge >= 0.3 is 0 Å². The summed E-state index contributed by atoms with van der Waals surface area (Å²) in [6.45, 7) is 2.70. The number of phenols is 1. The van der Waals surface area contributed by atoms with Crippen molar-refractivity contribution in [3.05, 3.63) is 54.1 Å². The Morgan fingerprint density at radius 2 is 2.24 bits per heavy atom. The van der Waals surface area contributed by atoms with Crippen LogP contribution in [0.4, 0.5) is 0 Å². The van der Waals surface area contributed by atoms with E-state index in [1.54, 1.807) is 30.7 Å². The molecule has 0 bridgehead atoms. The second-order valence-electron chi connectivity index (χ2n) is 3.89. The van der Waals surface area contributed by atoms with Crippen LogP contribution in [0.5, 0.6) is 5.75 Å². The van der Waals surface area contributed by atoms with Gasteiger partial charge in [-0.25, -0.2) is 0 Å². The molecule has 0 aliphatic carbocycles. The quantitative estimate of drug-likeness (QED) is 0.842. The molecule has 1 heterocycles. The van der Waals surface area contributed by atoms with E-state index in [0.29, 0.717) is 6.54 Å². The molecule has 0 fully saturated rings. The molecular weight excluding hydrogens is 214 g/mol. The molecule has 4 nitrogen and oxygen atoms in total. The van der Waals surface area contributed by atoms with E-state index in [9.17, 15) is 5.11 Å². The Morgan fingerprint density at radius 1 is 1.35 bits per heavy atom. The molecule has 1 atom stereocenters. The molecular formula is C13H15N3O. The maximum absolute atomic E-state index is 9.40. The fourth-order valence-electron chi connectivity index (χ4n) is 1.59. The third-order valence-corrected chi connectivity index (χ3v) is 2.58. The van der Waals surface area contributed by atoms with E-state index in [4.69, 9.17) is 0 Å². The Kier molecular flexibility index (Phi) is 3.67. The number of aromatic nitrogens is 2. The summed E-state index contributed by atoms with van der Waals surface area (Å²) in [6, 6.07) is 7.40. The summed E-state index contributed by atoms with van der Waals surface area (Å²) in [5, 5.41) is 12.7. The van der Waals surface area contributed by atoms with Gasteiger partial charge in [-0.1, -0.05) is 12.1 Å². The molecule has 2 N–H and O–H groups in total. The second-order valence-corrected chi connectivity index (χ2v) is 3.89. The lowest BCUT2D eigenvalue weighted by Gasteiger charge is -2.13. The van der Waals surface area contributed by atoms with Crippen LogP contribution in [0.1, 0.15) is 24.2 Å². The van der Waals surface area contributed by atoms with Gasteiger partial charge in [0.15, 0.2) is 0 Å². The van der Waals surface area contributed by atoms with E-state index in [0.717, 1.165) is 11.3 Å². The summed E-state index contributed by atoms with van der Waals surface area (Å²) in [5.74, 6) is 0.288. The summed E-state index contributed by atoms with van der Waals surface area (Å²) >= 11 is 0. The number of phenolic OH excluding ortho intramolecular Hbond substituents is 1. The predicted molar refractivity (Wildman–Crippen MR) is 65.4 cm³/mol. The van der Waals surface area contributed by atoms with Crippen molar-refractivity contribution in [3.8, 4) is 5.75 Å². The van der Waals surface area contributed by atoms with E-state index in [1.807, 2.05) is 19.1 Å². The van der Waals surface area contributed by atoms with Crippen LogP contribution in [0.3, 0.4) is 0 Å². The van der Waals surface area contributed by atoms with Gasteiger partial charge in [0.25, 0.3) is 0 Å². The van der Waals surface area contributed by atoms with Gasteiger partial charge < -0.3 is 10.4 Å². The highest BCUT2D eigenvalue weighted by molar-refractivity contribution is 5.29. The average Bonchev–Trinajstić information content (AvgIpc) is 2.37. The first-order valence-electron chi connectivity index (χ1n) is 5.53. The Labute approximate surface area is 100 Å². The number of hydrogen-bond donors (Lipinski definition) is 2. The third-order valence-electron chi connectivity index (χ3n) is 2.58. The lowest BCUT2D eigenvalue weighted by Crippen LogP contribution is -2.18. The first kappa shape index (κ1) is 11.5. The van der Waals surface area contributed by atoms with Gasteiger partial charge in [-0.05, 0) is 24.6 Å². The SMILES string of the molecule is CC(NCc1cnccn1)c1cccc(O)c1. The smallest absolute Gasteiger partial charge is 0.115 e. The van der Waals surface area contributed by atoms with Gasteiger partial charge in [0.05, 0.1) is 5.69 Å². The van der Waals surface area contributed by atoms with Crippen molar-refractivity contribution in [2.75, 3.05) is 0 Å². The normalized spacial score (nSPS) is 12.3. The van der Waals surface area contributed by atoms with E-state index in [2.05, 4.69) is 15.3 Å². The molecule has 0 spiro atoms. The largest absolute Gasteiger partial charge is 0.508 e. The Balaban J connectivity index is 1.96. The molecule has 88 valence electrons. The summed E-state index contributed by atoms with van der Waals surface area (Å²) in [6.07, 6.45) is 5.07. The highest BCUT2D eigenvalue weighted by Crippen LogP contribution is 2.17. The highest BCUT2D eigenvalue weighted by Gasteiger charge is 2.05. The van der Waals surface area contributed by atoms with Crippen LogP contribution < -0.4 is 5.32 Å². The number of rotatable bonds is 4. The Bertz CT molecular complexity index is 473. The molecule has 0 saturated carbocycles. The van der Waals surface area contributed by atoms with E-state index < -0.39 is 0 Å². The molecule has 1 aromatic carbocycles. The lowest BCUT2D eigenvalue weighted by atomic mass is 10.1. The molecule has 1 unspecified atom stereocenters. The van der Waals surface area contributed by atoms with Gasteiger partial charge in [0.1, 0.15) is 5.75 Å². The molecule has 2 aromatic rings. The van der Waals surface area contributed by atoms with Crippen LogP contribution in [0.15, 0.2) is 42.9 Å². The van der Waals surface area contributed by atoms with Crippen molar-refractivity contribution < 1.29 is 5.11 Å². The van der Waals surface area contributed by atoms with Gasteiger partial charge in [-0.3, -0.25) is 9.97 Å². The van der Waals surface area contributed by atoms with Crippen molar-refractivity contribution in [1.82, 2.24) is 15.3 Å². The maximum atomic E-state index is 9.40. The monoisotopic (exact) mass is 229 g/mol. The molecule has 17 heavy (non-hydrogen) atoms. The Morgan fingerprint density at radius 3 is 2.94 bits per heavy atom. The summed E-state index contributed by atoms with van der Waals surface area (Å²) < 4.78 is 0. The fourth-order valence-corrected chi connectivity index (χ4v) is 1.59. The molecule has 0 aliphatic heterocycles. The zero-order valence-corrected chi connectivity index (χ0v) is 9.67. The first-order chi connectivity index (χ1) is 8.25. The molecule has 1 aromatic heterocycles. The molecule has 4 heteroatoms. The van der Waals surface area contributed by atoms with Gasteiger partial charge in [-0.15, -0.1) is 0 Å². The van der Waals surface area contributed by atoms with Crippen LogP contribution in [-0.4, -0.2) is 15.1 Å². The highest BCUT2D eigenvalue weighted by atomic mass is 16.3. The minimum Gasteiger partial charge on any atom is -0.508 e. The van der Waals surface area contributed by atoms with Gasteiger partial charge in [-0.2, -0.15) is 0 Å². The Hall–Kier alpha value is -1.94. The maximum Gasteiger partial charge on any atom is 0.115 e. The summed E-state index contributed by atoms with van der Waals surface area (Å²) in [4.78, 5) is 8.19. The third kappa shape index (κ3) is 3.26. The minimum absolute atomic E-state index is 0.157. The van der Waals surface area contributed by atoms with Crippen molar-refractivity contribution in [2.45, 2.75) is 19.5 Å². The number of aromatic hydroxyl groups is 1. The van der Waals surface area contributed by atoms with Crippen LogP contribution >= 0.6 is 0 Å². The van der Waals surface area contributed by atoms with E-state index in [-0.39, 0.29) is 11.8 Å². The number of hydrogen-bond acceptors (Lipinski definition) is 4. The molecule has 0 saturated heterocycles. The molecule has 2 rings (SSSR count). The number of nitrogens with zero attached hydrogens (tertiary/aromatic N) is 2. The second kappa shape index (κ2) is 5.41. The topological polar surface area (TPSA) is 58.0 Å². The van der Waals surface area contributed by atoms with Crippen LogP contribution in [0.25, 0.3) is 0 Å². The van der Waals surface area contributed by atoms with Gasteiger partial charge in [0, 0.05) is 31.2 Å². The summed E-state index contributed by atoms with van der Waals surface area (Å²) in [7, 11) is 0. The van der Waals surface area contributed by atoms with Crippen LogP contribution in [0.2, 0.25) is 0 Å². The molecule has 0 aliphatic rings. The fraction of sp³-hybridized carbons (Fsp3) is 0.231. The van der Waals surface area contributed by atoms with Crippen molar-refractivity contribution in [3.63, 3.8) is 0 Å². The van der Waals surface area contributed by atoms with E-state index >= 15 is 0 Å². The predicted octanol–water partition coefficient (Wildman–Crippen LogP) is 2.03. The van der Waals surface area contributed by atoms with Crippen molar-refractivity contribution in [1.29, 1.82) is 0 Å². The van der Waals surface area contributed by atoms with Crippen molar-refractivity contribution in [2.24, 2.45) is 0 Å². The molecule has 0 radical (unpaired) electrons. The summed E-state index contributed by atoms with van der Waals surface area (Å²) in [5.41, 5.74) is 1.95. The zero-order valence-electron chi connectivity index (χ0n) is 9.67. The number of nitrogens with one attached hydrogen (secondary N) is 1.